The maximum absolute atomic E-state index is 13.5. The average Bonchev–Trinajstić information content (AvgIpc) is 2.82. The summed E-state index contributed by atoms with van der Waals surface area (Å²) in [5.74, 6) is 0.423. The van der Waals surface area contributed by atoms with E-state index in [1.807, 2.05) is 13.8 Å². The Hall–Kier alpha value is -2.65. The Balaban J connectivity index is 2.04. The standard InChI is InChI=1S/C25H28N2O7S/c1-25(2)8-15-19(16(29)9-25)18(12-4-6-13(33-3)7-5-12)14(10-26)24(35)27(15)23-22(32)21(31)20(30)17(11-28)34-23/h4-7,17,20-23,28,30-32H,8-9,11H2,1-3H3. The summed E-state index contributed by atoms with van der Waals surface area (Å²) in [6, 6.07) is 9.05. The van der Waals surface area contributed by atoms with Gasteiger partial charge in [0.1, 0.15) is 40.9 Å². The van der Waals surface area contributed by atoms with Gasteiger partial charge in [0.2, 0.25) is 0 Å². The third-order valence-electron chi connectivity index (χ3n) is 6.69. The lowest BCUT2D eigenvalue weighted by Gasteiger charge is -2.43. The van der Waals surface area contributed by atoms with Crippen LogP contribution in [-0.2, 0) is 11.2 Å². The number of pyridine rings is 1. The minimum Gasteiger partial charge on any atom is -0.497 e. The van der Waals surface area contributed by atoms with E-state index in [2.05, 4.69) is 6.07 Å². The number of aliphatic hydroxyl groups excluding tert-OH is 4. The van der Waals surface area contributed by atoms with Gasteiger partial charge in [0.05, 0.1) is 19.3 Å². The first-order chi connectivity index (χ1) is 16.5. The Bertz CT molecular complexity index is 1250. The molecule has 10 heteroatoms. The molecule has 2 heterocycles. The molecular formula is C25H28N2O7S. The molecule has 4 N–H and O–H groups in total. The van der Waals surface area contributed by atoms with Crippen LogP contribution in [0.15, 0.2) is 24.3 Å². The normalized spacial score (nSPS) is 27.7. The van der Waals surface area contributed by atoms with Crippen LogP contribution in [0.1, 0.15) is 48.1 Å². The highest BCUT2D eigenvalue weighted by Crippen LogP contribution is 2.43. The topological polar surface area (TPSA) is 145 Å². The van der Waals surface area contributed by atoms with Crippen LogP contribution >= 0.6 is 12.2 Å². The van der Waals surface area contributed by atoms with Gasteiger partial charge in [-0.3, -0.25) is 4.79 Å². The molecule has 186 valence electrons. The molecule has 1 fully saturated rings. The van der Waals surface area contributed by atoms with Crippen molar-refractivity contribution in [3.05, 3.63) is 45.7 Å². The zero-order chi connectivity index (χ0) is 25.7. The molecule has 2 aromatic rings. The summed E-state index contributed by atoms with van der Waals surface area (Å²) in [5, 5.41) is 51.3. The Morgan fingerprint density at radius 1 is 1.14 bits per heavy atom. The van der Waals surface area contributed by atoms with E-state index >= 15 is 0 Å². The number of hydrogen-bond acceptors (Lipinski definition) is 9. The number of ether oxygens (including phenoxy) is 2. The minimum atomic E-state index is -1.64. The number of carbonyl (C=O) groups excluding carboxylic acids is 1. The molecule has 5 unspecified atom stereocenters. The van der Waals surface area contributed by atoms with E-state index < -0.39 is 42.7 Å². The molecule has 2 aliphatic rings. The monoisotopic (exact) mass is 500 g/mol. The fourth-order valence-corrected chi connectivity index (χ4v) is 5.33. The number of nitriles is 1. The fraction of sp³-hybridized carbons (Fsp3) is 0.480. The summed E-state index contributed by atoms with van der Waals surface area (Å²) < 4.78 is 12.4. The zero-order valence-corrected chi connectivity index (χ0v) is 20.5. The van der Waals surface area contributed by atoms with Crippen molar-refractivity contribution in [3.63, 3.8) is 0 Å². The molecule has 1 aromatic carbocycles. The molecule has 1 aromatic heterocycles. The first-order valence-corrected chi connectivity index (χ1v) is 11.6. The van der Waals surface area contributed by atoms with E-state index in [0.29, 0.717) is 34.6 Å². The number of methoxy groups -OCH3 is 1. The van der Waals surface area contributed by atoms with Crippen LogP contribution in [0.3, 0.4) is 0 Å². The quantitative estimate of drug-likeness (QED) is 0.462. The SMILES string of the molecule is COc1ccc(-c2c3c(n(C4OC(CO)C(O)C(O)C4O)c(=S)c2C#N)CC(C)(C)CC3=O)cc1. The zero-order valence-electron chi connectivity index (χ0n) is 19.6. The number of fused-ring (bicyclic) bond motifs is 1. The fourth-order valence-electron chi connectivity index (χ4n) is 4.97. The highest BCUT2D eigenvalue weighted by atomic mass is 32.1. The van der Waals surface area contributed by atoms with Crippen molar-refractivity contribution < 1.29 is 34.7 Å². The number of ketones is 1. The molecule has 5 atom stereocenters. The Kier molecular flexibility index (Phi) is 6.85. The van der Waals surface area contributed by atoms with Gasteiger partial charge in [-0.1, -0.05) is 38.2 Å². The smallest absolute Gasteiger partial charge is 0.165 e. The second-order valence-corrected chi connectivity index (χ2v) is 10.1. The molecule has 0 radical (unpaired) electrons. The first kappa shape index (κ1) is 25.4. The Labute approximate surface area is 207 Å². The molecule has 35 heavy (non-hydrogen) atoms. The summed E-state index contributed by atoms with van der Waals surface area (Å²) >= 11 is 5.71. The number of aromatic nitrogens is 1. The minimum absolute atomic E-state index is 0.0203. The lowest BCUT2D eigenvalue weighted by Crippen LogP contribution is -2.57. The predicted octanol–water partition coefficient (Wildman–Crippen LogP) is 1.89. The second kappa shape index (κ2) is 9.43. The number of nitrogens with zero attached hydrogens (tertiary/aromatic N) is 2. The van der Waals surface area contributed by atoms with Crippen molar-refractivity contribution in [2.24, 2.45) is 5.41 Å². The molecular weight excluding hydrogens is 472 g/mol. The van der Waals surface area contributed by atoms with Crippen LogP contribution < -0.4 is 4.74 Å². The van der Waals surface area contributed by atoms with Gasteiger partial charge >= 0.3 is 0 Å². The van der Waals surface area contributed by atoms with E-state index in [1.54, 1.807) is 24.3 Å². The summed E-state index contributed by atoms with van der Waals surface area (Å²) in [6.07, 6.45) is -6.70. The van der Waals surface area contributed by atoms with Crippen LogP contribution in [0.25, 0.3) is 11.1 Å². The predicted molar refractivity (Wildman–Crippen MR) is 127 cm³/mol. The summed E-state index contributed by atoms with van der Waals surface area (Å²) in [7, 11) is 1.54. The van der Waals surface area contributed by atoms with Gasteiger partial charge in [0.25, 0.3) is 0 Å². The van der Waals surface area contributed by atoms with Gasteiger partial charge < -0.3 is 34.5 Å². The molecule has 1 aliphatic heterocycles. The van der Waals surface area contributed by atoms with Gasteiger partial charge in [-0.05, 0) is 29.5 Å². The third-order valence-corrected chi connectivity index (χ3v) is 7.09. The summed E-state index contributed by atoms with van der Waals surface area (Å²) in [5.41, 5.74) is 1.37. The molecule has 1 saturated heterocycles. The van der Waals surface area contributed by atoms with Crippen molar-refractivity contribution >= 4 is 18.0 Å². The van der Waals surface area contributed by atoms with Gasteiger partial charge in [-0.25, -0.2) is 0 Å². The first-order valence-electron chi connectivity index (χ1n) is 11.2. The molecule has 0 spiro atoms. The molecule has 4 rings (SSSR count). The van der Waals surface area contributed by atoms with Crippen LogP contribution in [0.2, 0.25) is 0 Å². The van der Waals surface area contributed by atoms with Gasteiger partial charge in [-0.2, -0.15) is 5.26 Å². The van der Waals surface area contributed by atoms with Crippen LogP contribution in [0, 0.1) is 21.4 Å². The summed E-state index contributed by atoms with van der Waals surface area (Å²) in [6.45, 7) is 3.25. The number of hydrogen-bond donors (Lipinski definition) is 4. The highest BCUT2D eigenvalue weighted by Gasteiger charge is 2.46. The second-order valence-electron chi connectivity index (χ2n) is 9.75. The number of carbonyl (C=O) groups is 1. The van der Waals surface area contributed by atoms with E-state index in [1.165, 1.54) is 11.7 Å². The average molecular weight is 501 g/mol. The number of aliphatic hydroxyl groups is 4. The van der Waals surface area contributed by atoms with Crippen LogP contribution in [0.4, 0.5) is 0 Å². The van der Waals surface area contributed by atoms with Crippen molar-refractivity contribution in [1.82, 2.24) is 4.57 Å². The largest absolute Gasteiger partial charge is 0.497 e. The van der Waals surface area contributed by atoms with E-state index in [4.69, 9.17) is 21.7 Å². The van der Waals surface area contributed by atoms with Crippen molar-refractivity contribution in [2.75, 3.05) is 13.7 Å². The molecule has 0 saturated carbocycles. The van der Waals surface area contributed by atoms with Crippen LogP contribution in [-0.4, -0.2) is 68.9 Å². The molecule has 0 amide bonds. The number of rotatable bonds is 4. The molecule has 1 aliphatic carbocycles. The number of benzene rings is 1. The maximum atomic E-state index is 13.5. The third kappa shape index (κ3) is 4.29. The molecule has 9 nitrogen and oxygen atoms in total. The van der Waals surface area contributed by atoms with Crippen molar-refractivity contribution in [3.8, 4) is 22.9 Å². The lowest BCUT2D eigenvalue weighted by atomic mass is 9.73. The van der Waals surface area contributed by atoms with Crippen LogP contribution in [0.5, 0.6) is 5.75 Å². The van der Waals surface area contributed by atoms with Gasteiger partial charge in [0.15, 0.2) is 12.0 Å². The Morgan fingerprint density at radius 2 is 1.80 bits per heavy atom. The molecule has 0 bridgehead atoms. The van der Waals surface area contributed by atoms with Gasteiger partial charge in [0, 0.05) is 23.2 Å². The van der Waals surface area contributed by atoms with E-state index in [0.717, 1.165) is 0 Å². The number of Topliss-reactive ketones (excluding diaryl/α,β-unsaturated/α-hetero) is 1. The lowest BCUT2D eigenvalue weighted by molar-refractivity contribution is -0.252. The van der Waals surface area contributed by atoms with Crippen molar-refractivity contribution in [1.29, 1.82) is 5.26 Å². The van der Waals surface area contributed by atoms with E-state index in [-0.39, 0.29) is 22.4 Å². The Morgan fingerprint density at radius 3 is 2.37 bits per heavy atom. The van der Waals surface area contributed by atoms with E-state index in [9.17, 15) is 30.5 Å². The van der Waals surface area contributed by atoms with Gasteiger partial charge in [-0.15, -0.1) is 0 Å². The van der Waals surface area contributed by atoms with Crippen molar-refractivity contribution in [2.45, 2.75) is 57.3 Å². The highest BCUT2D eigenvalue weighted by molar-refractivity contribution is 7.71. The summed E-state index contributed by atoms with van der Waals surface area (Å²) in [4.78, 5) is 13.5. The maximum Gasteiger partial charge on any atom is 0.165 e.